The van der Waals surface area contributed by atoms with Crippen molar-refractivity contribution >= 4 is 5.97 Å². The van der Waals surface area contributed by atoms with Crippen LogP contribution in [0.15, 0.2) is 12.1 Å². The topological polar surface area (TPSA) is 26.3 Å². The van der Waals surface area contributed by atoms with Crippen molar-refractivity contribution < 1.29 is 9.53 Å². The van der Waals surface area contributed by atoms with E-state index in [0.717, 1.165) is 16.7 Å². The maximum Gasteiger partial charge on any atom is 0.338 e. The minimum atomic E-state index is -0.220. The zero-order valence-electron chi connectivity index (χ0n) is 13.2. The predicted molar refractivity (Wildman–Crippen MR) is 80.0 cm³/mol. The van der Waals surface area contributed by atoms with Crippen LogP contribution in [-0.2, 0) is 4.74 Å². The Bertz CT molecular complexity index is 427. The van der Waals surface area contributed by atoms with Gasteiger partial charge in [0, 0.05) is 0 Å². The van der Waals surface area contributed by atoms with E-state index in [-0.39, 0.29) is 5.97 Å². The third-order valence-corrected chi connectivity index (χ3v) is 3.52. The fraction of sp³-hybridized carbons (Fsp3) is 0.588. The average Bonchev–Trinajstić information content (AvgIpc) is 2.35. The van der Waals surface area contributed by atoms with E-state index in [0.29, 0.717) is 17.8 Å². The van der Waals surface area contributed by atoms with Crippen LogP contribution in [0.1, 0.15) is 86.3 Å². The van der Waals surface area contributed by atoms with Crippen LogP contribution in [0.25, 0.3) is 0 Å². The second kappa shape index (κ2) is 6.23. The first-order valence-electron chi connectivity index (χ1n) is 7.05. The van der Waals surface area contributed by atoms with Crippen LogP contribution in [0.2, 0.25) is 0 Å². The van der Waals surface area contributed by atoms with Crippen LogP contribution in [0.4, 0.5) is 0 Å². The maximum absolute atomic E-state index is 12.1. The molecule has 0 saturated heterocycles. The molecule has 2 nitrogen and oxygen atoms in total. The highest BCUT2D eigenvalue weighted by molar-refractivity contribution is 5.93. The summed E-state index contributed by atoms with van der Waals surface area (Å²) < 4.78 is 4.98. The molecule has 0 atom stereocenters. The number of esters is 1. The van der Waals surface area contributed by atoms with Gasteiger partial charge in [0.25, 0.3) is 0 Å². The fourth-order valence-electron chi connectivity index (χ4n) is 2.29. The summed E-state index contributed by atoms with van der Waals surface area (Å²) in [6, 6.07) is 4.32. The van der Waals surface area contributed by atoms with Gasteiger partial charge in [-0.1, -0.05) is 53.7 Å². The van der Waals surface area contributed by atoms with E-state index in [1.54, 1.807) is 0 Å². The number of hydrogen-bond acceptors (Lipinski definition) is 2. The molecule has 0 radical (unpaired) electrons. The average molecular weight is 262 g/mol. The smallest absolute Gasteiger partial charge is 0.338 e. The number of methoxy groups -OCH3 is 1. The number of hydrogen-bond donors (Lipinski definition) is 0. The summed E-state index contributed by atoms with van der Waals surface area (Å²) in [4.78, 5) is 12.1. The van der Waals surface area contributed by atoms with Crippen molar-refractivity contribution in [1.82, 2.24) is 0 Å². The molecule has 0 amide bonds. The first-order valence-corrected chi connectivity index (χ1v) is 7.05. The number of ether oxygens (including phenoxy) is 1. The van der Waals surface area contributed by atoms with E-state index >= 15 is 0 Å². The monoisotopic (exact) mass is 262 g/mol. The molecule has 0 saturated carbocycles. The minimum absolute atomic E-state index is 0.220. The molecule has 0 aliphatic carbocycles. The Labute approximate surface area is 117 Å². The zero-order valence-corrected chi connectivity index (χ0v) is 13.2. The van der Waals surface area contributed by atoms with Crippen molar-refractivity contribution in [2.75, 3.05) is 7.11 Å². The Kier molecular flexibility index (Phi) is 5.16. The van der Waals surface area contributed by atoms with Gasteiger partial charge in [0.1, 0.15) is 0 Å². The van der Waals surface area contributed by atoms with Crippen molar-refractivity contribution in [3.63, 3.8) is 0 Å². The number of carbonyl (C=O) groups is 1. The van der Waals surface area contributed by atoms with Crippen molar-refractivity contribution in [1.29, 1.82) is 0 Å². The molecular weight excluding hydrogens is 236 g/mol. The highest BCUT2D eigenvalue weighted by Crippen LogP contribution is 2.32. The molecular formula is C17H26O2. The molecule has 0 aromatic heterocycles. The third kappa shape index (κ3) is 3.37. The van der Waals surface area contributed by atoms with Crippen molar-refractivity contribution in [3.8, 4) is 0 Å². The van der Waals surface area contributed by atoms with Crippen molar-refractivity contribution in [2.45, 2.75) is 59.3 Å². The molecule has 0 unspecified atom stereocenters. The lowest BCUT2D eigenvalue weighted by molar-refractivity contribution is 0.0597. The van der Waals surface area contributed by atoms with Gasteiger partial charge < -0.3 is 4.74 Å². The van der Waals surface area contributed by atoms with Gasteiger partial charge >= 0.3 is 5.97 Å². The molecule has 0 fully saturated rings. The van der Waals surface area contributed by atoms with Crippen molar-refractivity contribution in [2.24, 2.45) is 0 Å². The first kappa shape index (κ1) is 15.7. The highest BCUT2D eigenvalue weighted by atomic mass is 16.5. The summed E-state index contributed by atoms with van der Waals surface area (Å²) >= 11 is 0. The van der Waals surface area contributed by atoms with Gasteiger partial charge in [0.2, 0.25) is 0 Å². The summed E-state index contributed by atoms with van der Waals surface area (Å²) in [6.45, 7) is 12.8. The summed E-state index contributed by atoms with van der Waals surface area (Å²) in [6.07, 6.45) is 0. The van der Waals surface area contributed by atoms with Gasteiger partial charge in [-0.25, -0.2) is 4.79 Å². The maximum atomic E-state index is 12.1. The lowest BCUT2D eigenvalue weighted by Crippen LogP contribution is -2.13. The Balaban J connectivity index is 3.60. The van der Waals surface area contributed by atoms with E-state index in [1.165, 1.54) is 12.7 Å². The number of benzene rings is 1. The summed E-state index contributed by atoms with van der Waals surface area (Å²) in [5.74, 6) is 0.861. The lowest BCUT2D eigenvalue weighted by atomic mass is 9.84. The lowest BCUT2D eigenvalue weighted by Gasteiger charge is -2.21. The first-order chi connectivity index (χ1) is 8.79. The van der Waals surface area contributed by atoms with E-state index in [1.807, 2.05) is 0 Å². The van der Waals surface area contributed by atoms with Crippen LogP contribution in [-0.4, -0.2) is 13.1 Å². The molecule has 0 heterocycles. The van der Waals surface area contributed by atoms with E-state index in [4.69, 9.17) is 4.74 Å². The van der Waals surface area contributed by atoms with E-state index in [2.05, 4.69) is 53.7 Å². The largest absolute Gasteiger partial charge is 0.465 e. The molecule has 1 rings (SSSR count). The molecule has 0 bridgehead atoms. The summed E-state index contributed by atoms with van der Waals surface area (Å²) in [5.41, 5.74) is 4.25. The van der Waals surface area contributed by atoms with Crippen LogP contribution >= 0.6 is 0 Å². The quantitative estimate of drug-likeness (QED) is 0.725. The van der Waals surface area contributed by atoms with Crippen LogP contribution < -0.4 is 0 Å². The van der Waals surface area contributed by atoms with Crippen LogP contribution in [0.3, 0.4) is 0 Å². The second-order valence-electron chi connectivity index (χ2n) is 6.03. The molecule has 2 heteroatoms. The Morgan fingerprint density at radius 3 is 1.58 bits per heavy atom. The predicted octanol–water partition coefficient (Wildman–Crippen LogP) is 4.84. The zero-order chi connectivity index (χ0) is 14.7. The van der Waals surface area contributed by atoms with E-state index < -0.39 is 0 Å². The molecule has 0 N–H and O–H groups in total. The van der Waals surface area contributed by atoms with Gasteiger partial charge in [-0.15, -0.1) is 0 Å². The minimum Gasteiger partial charge on any atom is -0.465 e. The Morgan fingerprint density at radius 1 is 0.895 bits per heavy atom. The SMILES string of the molecule is COC(=O)c1c(C(C)C)cc(C(C)C)cc1C(C)C. The van der Waals surface area contributed by atoms with Crippen LogP contribution in [0.5, 0.6) is 0 Å². The number of rotatable bonds is 4. The molecule has 0 aliphatic rings. The van der Waals surface area contributed by atoms with Crippen LogP contribution in [0, 0.1) is 0 Å². The summed E-state index contributed by atoms with van der Waals surface area (Å²) in [7, 11) is 1.45. The molecule has 0 aliphatic heterocycles. The molecule has 19 heavy (non-hydrogen) atoms. The summed E-state index contributed by atoms with van der Waals surface area (Å²) in [5, 5.41) is 0. The van der Waals surface area contributed by atoms with E-state index in [9.17, 15) is 4.79 Å². The van der Waals surface area contributed by atoms with Gasteiger partial charge in [0.05, 0.1) is 12.7 Å². The van der Waals surface area contributed by atoms with Crippen molar-refractivity contribution in [3.05, 3.63) is 34.4 Å². The third-order valence-electron chi connectivity index (χ3n) is 3.52. The Morgan fingerprint density at radius 2 is 1.32 bits per heavy atom. The second-order valence-corrected chi connectivity index (χ2v) is 6.03. The fourth-order valence-corrected chi connectivity index (χ4v) is 2.29. The van der Waals surface area contributed by atoms with Gasteiger partial charge in [0.15, 0.2) is 0 Å². The molecule has 106 valence electrons. The highest BCUT2D eigenvalue weighted by Gasteiger charge is 2.22. The van der Waals surface area contributed by atoms with Gasteiger partial charge in [-0.3, -0.25) is 0 Å². The molecule has 1 aromatic rings. The molecule has 0 spiro atoms. The Hall–Kier alpha value is -1.31. The standard InChI is InChI=1S/C17H26O2/c1-10(2)13-8-14(11(3)4)16(17(18)19-7)15(9-13)12(5)6/h8-12H,1-7H3. The van der Waals surface area contributed by atoms with Gasteiger partial charge in [-0.05, 0) is 34.4 Å². The number of carbonyl (C=O) groups excluding carboxylic acids is 1. The normalized spacial score (nSPS) is 11.5. The molecule has 1 aromatic carbocycles. The van der Waals surface area contributed by atoms with Gasteiger partial charge in [-0.2, -0.15) is 0 Å².